The average Bonchev–Trinajstić information content (AvgIpc) is 3.33. The van der Waals surface area contributed by atoms with Gasteiger partial charge in [0.1, 0.15) is 11.8 Å². The molecule has 2 amide bonds. The second kappa shape index (κ2) is 9.11. The number of hydrogen-bond donors (Lipinski definition) is 3. The third kappa shape index (κ3) is 4.63. The molecule has 9 heteroatoms. The van der Waals surface area contributed by atoms with Crippen molar-refractivity contribution in [3.8, 4) is 5.75 Å². The number of methoxy groups -OCH3 is 1. The summed E-state index contributed by atoms with van der Waals surface area (Å²) in [4.78, 5) is 32.9. The highest BCUT2D eigenvalue weighted by Gasteiger charge is 2.31. The van der Waals surface area contributed by atoms with Crippen LogP contribution in [0.5, 0.6) is 5.75 Å². The molecule has 0 saturated carbocycles. The summed E-state index contributed by atoms with van der Waals surface area (Å²) in [6.45, 7) is 3.77. The highest BCUT2D eigenvalue weighted by atomic mass is 32.1. The standard InChI is InChI=1S/C21H27N5O3S/c1-13-10-17(25-24-13)21(28)26-8-6-16-18(7-9-26)30-20(23-16)19(27)22-12-14-4-3-5-15(11-14)29-2/h3-5,11,13,17,24-25H,6-10,12H2,1-2H3,(H,22,27). The molecule has 2 aliphatic heterocycles. The number of aromatic nitrogens is 1. The smallest absolute Gasteiger partial charge is 0.280 e. The molecule has 3 heterocycles. The zero-order valence-electron chi connectivity index (χ0n) is 17.2. The van der Waals surface area contributed by atoms with E-state index in [4.69, 9.17) is 4.74 Å². The number of hydrazine groups is 1. The highest BCUT2D eigenvalue weighted by Crippen LogP contribution is 2.24. The second-order valence-corrected chi connectivity index (χ2v) is 8.81. The average molecular weight is 430 g/mol. The van der Waals surface area contributed by atoms with Crippen LogP contribution in [0, 0.1) is 0 Å². The largest absolute Gasteiger partial charge is 0.497 e. The Labute approximate surface area is 180 Å². The maximum absolute atomic E-state index is 12.7. The Kier molecular flexibility index (Phi) is 6.31. The fraction of sp³-hybridized carbons (Fsp3) is 0.476. The Balaban J connectivity index is 1.34. The van der Waals surface area contributed by atoms with Crippen LogP contribution in [0.25, 0.3) is 0 Å². The molecule has 2 aromatic rings. The Morgan fingerprint density at radius 3 is 2.90 bits per heavy atom. The summed E-state index contributed by atoms with van der Waals surface area (Å²) in [5.74, 6) is 0.733. The molecule has 1 fully saturated rings. The lowest BCUT2D eigenvalue weighted by atomic mass is 10.1. The first-order valence-electron chi connectivity index (χ1n) is 10.2. The van der Waals surface area contributed by atoms with E-state index < -0.39 is 0 Å². The molecule has 30 heavy (non-hydrogen) atoms. The molecule has 160 valence electrons. The van der Waals surface area contributed by atoms with Gasteiger partial charge >= 0.3 is 0 Å². The molecule has 2 aliphatic rings. The number of rotatable bonds is 5. The molecular formula is C21H27N5O3S. The van der Waals surface area contributed by atoms with Gasteiger partial charge in [-0.25, -0.2) is 10.4 Å². The lowest BCUT2D eigenvalue weighted by Crippen LogP contribution is -2.46. The summed E-state index contributed by atoms with van der Waals surface area (Å²) in [7, 11) is 1.62. The summed E-state index contributed by atoms with van der Waals surface area (Å²) in [6.07, 6.45) is 2.21. The zero-order valence-corrected chi connectivity index (χ0v) is 18.1. The lowest BCUT2D eigenvalue weighted by molar-refractivity contribution is -0.133. The molecule has 8 nitrogen and oxygen atoms in total. The van der Waals surface area contributed by atoms with Crippen molar-refractivity contribution in [1.29, 1.82) is 0 Å². The second-order valence-electron chi connectivity index (χ2n) is 7.73. The van der Waals surface area contributed by atoms with E-state index in [1.165, 1.54) is 11.3 Å². The molecule has 1 aromatic heterocycles. The summed E-state index contributed by atoms with van der Waals surface area (Å²) >= 11 is 1.43. The highest BCUT2D eigenvalue weighted by molar-refractivity contribution is 7.13. The SMILES string of the molecule is COc1cccc(CNC(=O)c2nc3c(s2)CCN(C(=O)C2CC(C)NN2)CC3)c1. The minimum absolute atomic E-state index is 0.137. The summed E-state index contributed by atoms with van der Waals surface area (Å²) in [5, 5.41) is 3.42. The van der Waals surface area contributed by atoms with Gasteiger partial charge in [0, 0.05) is 43.4 Å². The van der Waals surface area contributed by atoms with Gasteiger partial charge in [0.15, 0.2) is 5.01 Å². The van der Waals surface area contributed by atoms with E-state index >= 15 is 0 Å². The van der Waals surface area contributed by atoms with Gasteiger partial charge in [-0.2, -0.15) is 0 Å². The number of amides is 2. The van der Waals surface area contributed by atoms with Gasteiger partial charge in [-0.05, 0) is 31.0 Å². The molecular weight excluding hydrogens is 402 g/mol. The van der Waals surface area contributed by atoms with Crippen LogP contribution in [-0.4, -0.2) is 54.0 Å². The minimum Gasteiger partial charge on any atom is -0.497 e. The molecule has 1 aromatic carbocycles. The summed E-state index contributed by atoms with van der Waals surface area (Å²) in [5.41, 5.74) is 8.10. The first-order chi connectivity index (χ1) is 14.5. The molecule has 0 aliphatic carbocycles. The van der Waals surface area contributed by atoms with Gasteiger partial charge in [0.05, 0.1) is 12.8 Å². The van der Waals surface area contributed by atoms with Crippen LogP contribution in [-0.2, 0) is 24.2 Å². The Morgan fingerprint density at radius 1 is 1.30 bits per heavy atom. The first kappa shape index (κ1) is 20.8. The molecule has 4 rings (SSSR count). The Hall–Kier alpha value is -2.49. The van der Waals surface area contributed by atoms with E-state index in [0.29, 0.717) is 37.1 Å². The Bertz CT molecular complexity index is 906. The molecule has 0 bridgehead atoms. The van der Waals surface area contributed by atoms with Crippen LogP contribution in [0.2, 0.25) is 0 Å². The maximum atomic E-state index is 12.7. The fourth-order valence-corrected chi connectivity index (χ4v) is 4.83. The van der Waals surface area contributed by atoms with Crippen molar-refractivity contribution in [3.05, 3.63) is 45.4 Å². The van der Waals surface area contributed by atoms with Crippen LogP contribution in [0.3, 0.4) is 0 Å². The van der Waals surface area contributed by atoms with E-state index in [0.717, 1.165) is 34.7 Å². The van der Waals surface area contributed by atoms with Gasteiger partial charge < -0.3 is 15.0 Å². The van der Waals surface area contributed by atoms with Crippen molar-refractivity contribution >= 4 is 23.2 Å². The van der Waals surface area contributed by atoms with Gasteiger partial charge in [-0.3, -0.25) is 15.0 Å². The van der Waals surface area contributed by atoms with E-state index in [1.54, 1.807) is 7.11 Å². The third-order valence-corrected chi connectivity index (χ3v) is 6.65. The van der Waals surface area contributed by atoms with E-state index in [2.05, 4.69) is 28.1 Å². The predicted molar refractivity (Wildman–Crippen MR) is 114 cm³/mol. The number of thiazole rings is 1. The van der Waals surface area contributed by atoms with Crippen LogP contribution < -0.4 is 20.9 Å². The number of benzene rings is 1. The van der Waals surface area contributed by atoms with Crippen LogP contribution in [0.1, 0.15) is 39.3 Å². The summed E-state index contributed by atoms with van der Waals surface area (Å²) in [6, 6.07) is 7.75. The first-order valence-corrected chi connectivity index (χ1v) is 11.0. The summed E-state index contributed by atoms with van der Waals surface area (Å²) < 4.78 is 5.22. The van der Waals surface area contributed by atoms with Crippen LogP contribution in [0.4, 0.5) is 0 Å². The van der Waals surface area contributed by atoms with E-state index in [1.807, 2.05) is 29.2 Å². The van der Waals surface area contributed by atoms with Gasteiger partial charge in [-0.1, -0.05) is 12.1 Å². The van der Waals surface area contributed by atoms with Crippen LogP contribution in [0.15, 0.2) is 24.3 Å². The normalized spacial score (nSPS) is 21.1. The van der Waals surface area contributed by atoms with Crippen molar-refractivity contribution in [2.75, 3.05) is 20.2 Å². The number of hydrogen-bond acceptors (Lipinski definition) is 7. The minimum atomic E-state index is -0.168. The quantitative estimate of drug-likeness (QED) is 0.663. The number of nitrogens with one attached hydrogen (secondary N) is 3. The topological polar surface area (TPSA) is 95.6 Å². The van der Waals surface area contributed by atoms with E-state index in [9.17, 15) is 9.59 Å². The Morgan fingerprint density at radius 2 is 2.13 bits per heavy atom. The number of ether oxygens (including phenoxy) is 1. The van der Waals surface area contributed by atoms with Crippen LogP contribution >= 0.6 is 11.3 Å². The van der Waals surface area contributed by atoms with Gasteiger partial charge in [0.25, 0.3) is 5.91 Å². The maximum Gasteiger partial charge on any atom is 0.280 e. The lowest BCUT2D eigenvalue weighted by Gasteiger charge is -2.23. The molecule has 2 unspecified atom stereocenters. The van der Waals surface area contributed by atoms with E-state index in [-0.39, 0.29) is 17.9 Å². The van der Waals surface area contributed by atoms with Gasteiger partial charge in [-0.15, -0.1) is 11.3 Å². The fourth-order valence-electron chi connectivity index (χ4n) is 3.82. The van der Waals surface area contributed by atoms with Crippen molar-refractivity contribution in [2.24, 2.45) is 0 Å². The monoisotopic (exact) mass is 429 g/mol. The molecule has 1 saturated heterocycles. The van der Waals surface area contributed by atoms with Crippen molar-refractivity contribution in [2.45, 2.75) is 44.8 Å². The number of carbonyl (C=O) groups excluding carboxylic acids is 2. The predicted octanol–water partition coefficient (Wildman–Crippen LogP) is 1.26. The molecule has 2 atom stereocenters. The third-order valence-electron chi connectivity index (χ3n) is 5.49. The van der Waals surface area contributed by atoms with Crippen molar-refractivity contribution in [3.63, 3.8) is 0 Å². The molecule has 0 radical (unpaired) electrons. The van der Waals surface area contributed by atoms with Gasteiger partial charge in [0.2, 0.25) is 5.91 Å². The van der Waals surface area contributed by atoms with Crippen molar-refractivity contribution < 1.29 is 14.3 Å². The zero-order chi connectivity index (χ0) is 21.1. The number of fused-ring (bicyclic) bond motifs is 1. The van der Waals surface area contributed by atoms with Crippen molar-refractivity contribution in [1.82, 2.24) is 26.1 Å². The number of nitrogens with zero attached hydrogens (tertiary/aromatic N) is 2. The number of carbonyl (C=O) groups is 2. The molecule has 0 spiro atoms. The molecule has 3 N–H and O–H groups in total.